The topological polar surface area (TPSA) is 86.2 Å². The van der Waals surface area contributed by atoms with E-state index in [1.165, 1.54) is 0 Å². The predicted molar refractivity (Wildman–Crippen MR) is 139 cm³/mol. The number of nitrogens with one attached hydrogen (secondary N) is 2. The lowest BCUT2D eigenvalue weighted by molar-refractivity contribution is 0.0285. The van der Waals surface area contributed by atoms with E-state index in [9.17, 15) is 9.90 Å². The zero-order chi connectivity index (χ0) is 22.9. The number of hydrogen-bond donors (Lipinski definition) is 3. The van der Waals surface area contributed by atoms with Gasteiger partial charge in [-0.25, -0.2) is 9.79 Å². The van der Waals surface area contributed by atoms with Crippen molar-refractivity contribution >= 4 is 36.0 Å². The molecule has 0 aliphatic carbocycles. The highest BCUT2D eigenvalue weighted by Gasteiger charge is 2.19. The minimum absolute atomic E-state index is 0. The third-order valence-corrected chi connectivity index (χ3v) is 4.28. The first-order valence-corrected chi connectivity index (χ1v) is 10.5. The normalized spacial score (nSPS) is 11.3. The molecule has 0 bridgehead atoms. The number of aromatic hydroxyl groups is 1. The first-order valence-electron chi connectivity index (χ1n) is 10.5. The summed E-state index contributed by atoms with van der Waals surface area (Å²) in [7, 11) is 1.73. The minimum atomic E-state index is -0.506. The zero-order valence-electron chi connectivity index (χ0n) is 19.5. The average Bonchev–Trinajstić information content (AvgIpc) is 2.70. The van der Waals surface area contributed by atoms with E-state index >= 15 is 0 Å². The van der Waals surface area contributed by atoms with Gasteiger partial charge in [0.2, 0.25) is 0 Å². The summed E-state index contributed by atoms with van der Waals surface area (Å²) in [6.45, 7) is 9.91. The summed E-state index contributed by atoms with van der Waals surface area (Å²) >= 11 is 0. The van der Waals surface area contributed by atoms with Crippen molar-refractivity contribution in [2.45, 2.75) is 52.9 Å². The number of benzene rings is 2. The van der Waals surface area contributed by atoms with Crippen LogP contribution in [0, 0.1) is 0 Å². The van der Waals surface area contributed by atoms with Crippen LogP contribution >= 0.6 is 24.0 Å². The van der Waals surface area contributed by atoms with Crippen molar-refractivity contribution in [3.63, 3.8) is 0 Å². The van der Waals surface area contributed by atoms with Crippen molar-refractivity contribution in [1.29, 1.82) is 0 Å². The number of carbonyl (C=O) groups excluding carboxylic acids is 1. The number of hydrogen-bond acceptors (Lipinski definition) is 4. The number of nitrogens with zero attached hydrogens (tertiary/aromatic N) is 2. The molecule has 0 fully saturated rings. The van der Waals surface area contributed by atoms with Crippen LogP contribution in [0.15, 0.2) is 53.5 Å². The van der Waals surface area contributed by atoms with Gasteiger partial charge in [0.1, 0.15) is 11.4 Å². The maximum absolute atomic E-state index is 12.1. The van der Waals surface area contributed by atoms with E-state index in [1.54, 1.807) is 24.1 Å². The Bertz CT molecular complexity index is 880. The molecule has 2 aromatic carbocycles. The Hall–Kier alpha value is -2.49. The highest BCUT2D eigenvalue weighted by atomic mass is 127. The molecule has 0 aliphatic heterocycles. The molecule has 0 saturated carbocycles. The molecule has 8 heteroatoms. The van der Waals surface area contributed by atoms with E-state index in [0.29, 0.717) is 25.6 Å². The van der Waals surface area contributed by atoms with Crippen molar-refractivity contribution in [2.24, 2.45) is 4.99 Å². The predicted octanol–water partition coefficient (Wildman–Crippen LogP) is 4.63. The van der Waals surface area contributed by atoms with Gasteiger partial charge in [-0.05, 0) is 56.5 Å². The van der Waals surface area contributed by atoms with Crippen LogP contribution in [-0.2, 0) is 24.4 Å². The van der Waals surface area contributed by atoms with Gasteiger partial charge in [0.15, 0.2) is 5.96 Å². The standard InChI is InChI=1S/C24H34N4O3.HI/c1-6-25-22(27-16-20-8-7-9-21(29)14-20)26-15-18-10-12-19(13-11-18)17-28(5)23(30)31-24(2,3)4;/h7-14,29H,6,15-17H2,1-5H3,(H2,25,26,27);1H. The summed E-state index contributed by atoms with van der Waals surface area (Å²) in [5.74, 6) is 0.947. The monoisotopic (exact) mass is 554 g/mol. The molecule has 2 rings (SSSR count). The van der Waals surface area contributed by atoms with Crippen molar-refractivity contribution in [2.75, 3.05) is 13.6 Å². The maximum Gasteiger partial charge on any atom is 0.410 e. The van der Waals surface area contributed by atoms with E-state index in [2.05, 4.69) is 15.6 Å². The Kier molecular flexibility index (Phi) is 11.3. The minimum Gasteiger partial charge on any atom is -0.508 e. The summed E-state index contributed by atoms with van der Waals surface area (Å²) < 4.78 is 5.39. The van der Waals surface area contributed by atoms with Crippen LogP contribution in [0.25, 0.3) is 0 Å². The van der Waals surface area contributed by atoms with Gasteiger partial charge in [-0.2, -0.15) is 0 Å². The molecule has 1 amide bonds. The fourth-order valence-corrected chi connectivity index (χ4v) is 2.79. The summed E-state index contributed by atoms with van der Waals surface area (Å²) in [6, 6.07) is 15.2. The number of amides is 1. The van der Waals surface area contributed by atoms with Gasteiger partial charge in [-0.1, -0.05) is 36.4 Å². The smallest absolute Gasteiger partial charge is 0.410 e. The number of ether oxygens (including phenoxy) is 1. The second-order valence-corrected chi connectivity index (χ2v) is 8.37. The lowest BCUT2D eigenvalue weighted by atomic mass is 10.1. The third kappa shape index (κ3) is 10.2. The SMILES string of the molecule is CCNC(=NCc1cccc(O)c1)NCc1ccc(CN(C)C(=O)OC(C)(C)C)cc1.I. The number of phenols is 1. The number of guanidine groups is 1. The molecule has 0 radical (unpaired) electrons. The van der Waals surface area contributed by atoms with Gasteiger partial charge in [-0.15, -0.1) is 24.0 Å². The molecule has 32 heavy (non-hydrogen) atoms. The van der Waals surface area contributed by atoms with Crippen LogP contribution in [0.5, 0.6) is 5.75 Å². The molecule has 2 aromatic rings. The Labute approximate surface area is 208 Å². The number of carbonyl (C=O) groups is 1. The summed E-state index contributed by atoms with van der Waals surface area (Å²) in [5.41, 5.74) is 2.57. The molecular weight excluding hydrogens is 519 g/mol. The number of rotatable bonds is 7. The van der Waals surface area contributed by atoms with E-state index in [0.717, 1.165) is 23.2 Å². The van der Waals surface area contributed by atoms with Gasteiger partial charge in [0.05, 0.1) is 6.54 Å². The van der Waals surface area contributed by atoms with Gasteiger partial charge < -0.3 is 25.4 Å². The molecular formula is C24H35IN4O3. The van der Waals surface area contributed by atoms with Crippen molar-refractivity contribution < 1.29 is 14.6 Å². The summed E-state index contributed by atoms with van der Waals surface area (Å²) in [5, 5.41) is 16.1. The number of halogens is 1. The van der Waals surface area contributed by atoms with E-state index in [4.69, 9.17) is 4.74 Å². The fraction of sp³-hybridized carbons (Fsp3) is 0.417. The molecule has 0 aromatic heterocycles. The van der Waals surface area contributed by atoms with Crippen LogP contribution < -0.4 is 10.6 Å². The highest BCUT2D eigenvalue weighted by Crippen LogP contribution is 2.13. The maximum atomic E-state index is 12.1. The Balaban J connectivity index is 0.00000512. The first kappa shape index (κ1) is 27.5. The Morgan fingerprint density at radius 1 is 1.06 bits per heavy atom. The lowest BCUT2D eigenvalue weighted by Gasteiger charge is -2.24. The number of aliphatic imine (C=N–C) groups is 1. The van der Waals surface area contributed by atoms with Crippen LogP contribution in [0.2, 0.25) is 0 Å². The summed E-state index contributed by atoms with van der Waals surface area (Å²) in [4.78, 5) is 18.2. The Morgan fingerprint density at radius 3 is 2.31 bits per heavy atom. The molecule has 0 aliphatic rings. The van der Waals surface area contributed by atoms with Crippen LogP contribution in [0.4, 0.5) is 4.79 Å². The van der Waals surface area contributed by atoms with Crippen LogP contribution in [-0.4, -0.2) is 41.3 Å². The molecule has 0 unspecified atom stereocenters. The second kappa shape index (κ2) is 13.1. The largest absolute Gasteiger partial charge is 0.508 e. The Morgan fingerprint density at radius 2 is 1.72 bits per heavy atom. The summed E-state index contributed by atoms with van der Waals surface area (Å²) in [6.07, 6.45) is -0.337. The quantitative estimate of drug-likeness (QED) is 0.264. The fourth-order valence-electron chi connectivity index (χ4n) is 2.79. The van der Waals surface area contributed by atoms with Crippen molar-refractivity contribution in [1.82, 2.24) is 15.5 Å². The van der Waals surface area contributed by atoms with E-state index < -0.39 is 5.60 Å². The second-order valence-electron chi connectivity index (χ2n) is 8.37. The number of phenolic OH excluding ortho intramolecular Hbond substituents is 1. The lowest BCUT2D eigenvalue weighted by Crippen LogP contribution is -2.36. The molecule has 0 heterocycles. The van der Waals surface area contributed by atoms with Crippen molar-refractivity contribution in [3.05, 3.63) is 65.2 Å². The van der Waals surface area contributed by atoms with Gasteiger partial charge >= 0.3 is 6.09 Å². The van der Waals surface area contributed by atoms with E-state index in [-0.39, 0.29) is 35.8 Å². The van der Waals surface area contributed by atoms with Crippen LogP contribution in [0.3, 0.4) is 0 Å². The van der Waals surface area contributed by atoms with E-state index in [1.807, 2.05) is 64.1 Å². The highest BCUT2D eigenvalue weighted by molar-refractivity contribution is 14.0. The molecule has 3 N–H and O–H groups in total. The molecule has 0 saturated heterocycles. The zero-order valence-corrected chi connectivity index (χ0v) is 21.8. The average molecular weight is 554 g/mol. The molecule has 0 atom stereocenters. The first-order chi connectivity index (χ1) is 14.7. The third-order valence-electron chi connectivity index (χ3n) is 4.28. The van der Waals surface area contributed by atoms with Gasteiger partial charge in [0.25, 0.3) is 0 Å². The van der Waals surface area contributed by atoms with Gasteiger partial charge in [0, 0.05) is 26.7 Å². The van der Waals surface area contributed by atoms with Crippen molar-refractivity contribution in [3.8, 4) is 5.75 Å². The van der Waals surface area contributed by atoms with Gasteiger partial charge in [-0.3, -0.25) is 0 Å². The molecule has 0 spiro atoms. The van der Waals surface area contributed by atoms with Crippen LogP contribution in [0.1, 0.15) is 44.4 Å². The molecule has 176 valence electrons. The molecule has 7 nitrogen and oxygen atoms in total.